The van der Waals surface area contributed by atoms with E-state index in [2.05, 4.69) is 129 Å². The van der Waals surface area contributed by atoms with Crippen LogP contribution < -0.4 is 5.32 Å². The molecule has 0 bridgehead atoms. The Balaban J connectivity index is 2.19. The van der Waals surface area contributed by atoms with Crippen LogP contribution in [0.25, 0.3) is 0 Å². The fourth-order valence-corrected chi connectivity index (χ4v) is 9.84. The van der Waals surface area contributed by atoms with Gasteiger partial charge in [-0.2, -0.15) is 0 Å². The topological polar surface area (TPSA) is 149 Å². The van der Waals surface area contributed by atoms with Gasteiger partial charge in [0.25, 0.3) is 0 Å². The molecule has 1 rings (SSSR count). The number of rotatable bonds is 56. The van der Waals surface area contributed by atoms with E-state index in [-0.39, 0.29) is 12.5 Å². The normalized spacial score (nSPS) is 19.2. The van der Waals surface area contributed by atoms with Gasteiger partial charge in [-0.1, -0.05) is 289 Å². The lowest BCUT2D eigenvalue weighted by molar-refractivity contribution is -0.302. The average Bonchev–Trinajstić information content (AvgIpc) is 3.48. The molecule has 0 aromatic heterocycles. The van der Waals surface area contributed by atoms with Crippen LogP contribution in [0.15, 0.2) is 122 Å². The van der Waals surface area contributed by atoms with Crippen LogP contribution in [-0.2, 0) is 14.3 Å². The summed E-state index contributed by atoms with van der Waals surface area (Å²) in [4.78, 5) is 13.1. The quantitative estimate of drug-likeness (QED) is 0.0261. The van der Waals surface area contributed by atoms with Gasteiger partial charge in [-0.05, 0) is 96.3 Å². The highest BCUT2D eigenvalue weighted by atomic mass is 16.7. The van der Waals surface area contributed by atoms with Gasteiger partial charge in [0.2, 0.25) is 5.91 Å². The van der Waals surface area contributed by atoms with Crippen LogP contribution in [0.2, 0.25) is 0 Å². The highest BCUT2D eigenvalue weighted by Gasteiger charge is 2.44. The average molecular weight is 1130 g/mol. The zero-order valence-corrected chi connectivity index (χ0v) is 51.7. The molecular weight excluding hydrogens is 1010 g/mol. The first kappa shape index (κ1) is 75.6. The fraction of sp³-hybridized carbons (Fsp3) is 0.708. The molecular formula is C72H123NO8. The fourth-order valence-electron chi connectivity index (χ4n) is 9.84. The van der Waals surface area contributed by atoms with Crippen molar-refractivity contribution in [2.75, 3.05) is 13.2 Å². The predicted molar refractivity (Wildman–Crippen MR) is 345 cm³/mol. The Morgan fingerprint density at radius 2 is 0.778 bits per heavy atom. The van der Waals surface area contributed by atoms with Crippen LogP contribution in [0.5, 0.6) is 0 Å². The van der Waals surface area contributed by atoms with Gasteiger partial charge >= 0.3 is 0 Å². The molecule has 0 saturated carbocycles. The summed E-state index contributed by atoms with van der Waals surface area (Å²) < 4.78 is 11.3. The van der Waals surface area contributed by atoms with Gasteiger partial charge in [0, 0.05) is 6.42 Å². The monoisotopic (exact) mass is 1130 g/mol. The highest BCUT2D eigenvalue weighted by Crippen LogP contribution is 2.23. The van der Waals surface area contributed by atoms with Crippen molar-refractivity contribution in [3.05, 3.63) is 122 Å². The van der Waals surface area contributed by atoms with Crippen molar-refractivity contribution >= 4 is 5.91 Å². The number of hydrogen-bond acceptors (Lipinski definition) is 8. The minimum absolute atomic E-state index is 0.194. The van der Waals surface area contributed by atoms with Crippen molar-refractivity contribution in [1.82, 2.24) is 5.32 Å². The molecule has 0 spiro atoms. The molecule has 0 radical (unpaired) electrons. The number of ether oxygens (including phenoxy) is 2. The van der Waals surface area contributed by atoms with Gasteiger partial charge in [-0.15, -0.1) is 0 Å². The summed E-state index contributed by atoms with van der Waals surface area (Å²) in [5.74, 6) is -0.194. The van der Waals surface area contributed by atoms with E-state index in [4.69, 9.17) is 9.47 Å². The van der Waals surface area contributed by atoms with Gasteiger partial charge in [0.1, 0.15) is 24.4 Å². The number of carbonyl (C=O) groups is 1. The third-order valence-corrected chi connectivity index (χ3v) is 15.0. The van der Waals surface area contributed by atoms with Crippen molar-refractivity contribution in [3.8, 4) is 0 Å². The summed E-state index contributed by atoms with van der Waals surface area (Å²) >= 11 is 0. The van der Waals surface area contributed by atoms with E-state index in [1.54, 1.807) is 6.08 Å². The minimum atomic E-state index is -1.58. The zero-order chi connectivity index (χ0) is 58.6. The Hall–Kier alpha value is -3.41. The number of aliphatic hydroxyl groups is 5. The van der Waals surface area contributed by atoms with Crippen LogP contribution in [-0.4, -0.2) is 87.5 Å². The third kappa shape index (κ3) is 48.6. The Labute approximate surface area is 497 Å². The van der Waals surface area contributed by atoms with Crippen LogP contribution in [0.3, 0.4) is 0 Å². The van der Waals surface area contributed by atoms with E-state index >= 15 is 0 Å². The van der Waals surface area contributed by atoms with Crippen LogP contribution in [0, 0.1) is 0 Å². The highest BCUT2D eigenvalue weighted by molar-refractivity contribution is 5.76. The maximum atomic E-state index is 13.1. The van der Waals surface area contributed by atoms with Crippen molar-refractivity contribution in [3.63, 3.8) is 0 Å². The van der Waals surface area contributed by atoms with Gasteiger partial charge < -0.3 is 40.3 Å². The molecule has 9 heteroatoms. The molecule has 6 N–H and O–H groups in total. The second kappa shape index (κ2) is 59.7. The zero-order valence-electron chi connectivity index (χ0n) is 51.7. The first-order chi connectivity index (χ1) is 39.8. The molecule has 7 unspecified atom stereocenters. The Morgan fingerprint density at radius 3 is 1.19 bits per heavy atom. The first-order valence-electron chi connectivity index (χ1n) is 33.3. The molecule has 1 aliphatic heterocycles. The van der Waals surface area contributed by atoms with Gasteiger partial charge in [-0.3, -0.25) is 4.79 Å². The van der Waals surface area contributed by atoms with Gasteiger partial charge in [-0.25, -0.2) is 0 Å². The summed E-state index contributed by atoms with van der Waals surface area (Å²) in [6.07, 6.45) is 82.8. The lowest BCUT2D eigenvalue weighted by atomic mass is 9.99. The lowest BCUT2D eigenvalue weighted by Crippen LogP contribution is -2.60. The first-order valence-corrected chi connectivity index (χ1v) is 33.3. The van der Waals surface area contributed by atoms with E-state index in [1.165, 1.54) is 148 Å². The number of amides is 1. The molecule has 1 amide bonds. The lowest BCUT2D eigenvalue weighted by Gasteiger charge is -2.40. The van der Waals surface area contributed by atoms with Crippen LogP contribution in [0.1, 0.15) is 271 Å². The standard InChI is InChI=1S/C72H123NO8/c1-3-5-7-9-11-13-15-17-19-21-23-25-27-28-29-30-31-32-33-34-35-36-37-38-40-42-44-46-48-50-52-54-56-58-60-62-68(76)73-65(64-80-72-71(79)70(78)69(77)67(63-74)81-72)66(75)61-59-57-55-53-51-49-47-45-43-41-39-26-24-22-20-18-16-14-12-10-8-6-4-2/h5,7,11,13,17,19,23,25,28-29,31-32,34-35,37-38,51,53,59,61,65-67,69-72,74-75,77-79H,3-4,6,8-10,12,14-16,18,20-22,24,26-27,30,33,36,39-50,52,54-58,60,62-64H2,1-2H3,(H,73,76)/b7-5-,13-11-,19-17-,25-23-,29-28-,32-31-,35-34-,38-37-,53-51+,61-59+. The summed E-state index contributed by atoms with van der Waals surface area (Å²) in [7, 11) is 0. The smallest absolute Gasteiger partial charge is 0.220 e. The molecule has 464 valence electrons. The number of allylic oxidation sites excluding steroid dienone is 19. The molecule has 7 atom stereocenters. The molecule has 1 aliphatic rings. The largest absolute Gasteiger partial charge is 0.394 e. The Bertz CT molecular complexity index is 1690. The molecule has 1 heterocycles. The Kier molecular flexibility index (Phi) is 55.8. The summed E-state index contributed by atoms with van der Waals surface area (Å²) in [6, 6.07) is -0.834. The maximum Gasteiger partial charge on any atom is 0.220 e. The Morgan fingerprint density at radius 1 is 0.432 bits per heavy atom. The predicted octanol–water partition coefficient (Wildman–Crippen LogP) is 17.9. The van der Waals surface area contributed by atoms with Crippen molar-refractivity contribution < 1.29 is 39.8 Å². The van der Waals surface area contributed by atoms with E-state index in [0.29, 0.717) is 6.42 Å². The molecule has 0 aromatic carbocycles. The van der Waals surface area contributed by atoms with E-state index < -0.39 is 49.5 Å². The molecule has 1 fully saturated rings. The molecule has 9 nitrogen and oxygen atoms in total. The molecule has 0 aliphatic carbocycles. The number of aliphatic hydroxyl groups excluding tert-OH is 5. The van der Waals surface area contributed by atoms with E-state index in [9.17, 15) is 30.3 Å². The minimum Gasteiger partial charge on any atom is -0.394 e. The number of unbranched alkanes of at least 4 members (excludes halogenated alkanes) is 28. The summed E-state index contributed by atoms with van der Waals surface area (Å²) in [5.41, 5.74) is 0. The summed E-state index contributed by atoms with van der Waals surface area (Å²) in [5, 5.41) is 54.7. The maximum absolute atomic E-state index is 13.1. The van der Waals surface area contributed by atoms with Crippen LogP contribution >= 0.6 is 0 Å². The SMILES string of the molecule is CC/C=C\C/C=C\C/C=C\C/C=C\C/C=C\C/C=C\C/C=C\C/C=C\CCCCCCCCCCCCC(=O)NC(COC1OC(CO)C(O)C(O)C1O)C(O)/C=C/CC/C=C/CCCCCCCCCCCCCCCCCCC. The number of hydrogen-bond donors (Lipinski definition) is 6. The van der Waals surface area contributed by atoms with E-state index in [1.807, 2.05) is 6.08 Å². The molecule has 0 aromatic rings. The van der Waals surface area contributed by atoms with Crippen LogP contribution in [0.4, 0.5) is 0 Å². The van der Waals surface area contributed by atoms with Crippen molar-refractivity contribution in [2.24, 2.45) is 0 Å². The van der Waals surface area contributed by atoms with Gasteiger partial charge in [0.15, 0.2) is 6.29 Å². The van der Waals surface area contributed by atoms with Gasteiger partial charge in [0.05, 0.1) is 25.4 Å². The molecule has 81 heavy (non-hydrogen) atoms. The molecule has 1 saturated heterocycles. The number of carbonyl (C=O) groups excluding carboxylic acids is 1. The third-order valence-electron chi connectivity index (χ3n) is 15.0. The van der Waals surface area contributed by atoms with Crippen molar-refractivity contribution in [1.29, 1.82) is 0 Å². The number of nitrogens with one attached hydrogen (secondary N) is 1. The van der Waals surface area contributed by atoms with E-state index in [0.717, 1.165) is 103 Å². The summed E-state index contributed by atoms with van der Waals surface area (Å²) in [6.45, 7) is 3.66. The second-order valence-electron chi connectivity index (χ2n) is 22.5. The second-order valence-corrected chi connectivity index (χ2v) is 22.5. The van der Waals surface area contributed by atoms with Crippen molar-refractivity contribution in [2.45, 2.75) is 314 Å².